The maximum atomic E-state index is 12.0. The monoisotopic (exact) mass is 278 g/mol. The van der Waals surface area contributed by atoms with Crippen LogP contribution in [-0.2, 0) is 16.3 Å². The van der Waals surface area contributed by atoms with Crippen LogP contribution >= 0.6 is 0 Å². The van der Waals surface area contributed by atoms with Gasteiger partial charge in [-0.3, -0.25) is 0 Å². The molecule has 19 heavy (non-hydrogen) atoms. The summed E-state index contributed by atoms with van der Waals surface area (Å²) in [6.45, 7) is 5.97. The molecule has 2 nitrogen and oxygen atoms in total. The fraction of sp³-hybridized carbons (Fsp3) is 0.500. The van der Waals surface area contributed by atoms with E-state index in [0.29, 0.717) is 11.3 Å². The first-order chi connectivity index (χ1) is 8.99. The predicted molar refractivity (Wildman–Crippen MR) is 79.7 cm³/mol. The van der Waals surface area contributed by atoms with E-state index in [-0.39, 0.29) is 11.7 Å². The van der Waals surface area contributed by atoms with E-state index in [4.69, 9.17) is 0 Å². The molecular formula is C16H22O2S. The lowest BCUT2D eigenvalue weighted by molar-refractivity contribution is 0.594. The first-order valence-electron chi connectivity index (χ1n) is 6.79. The van der Waals surface area contributed by atoms with E-state index in [2.05, 4.69) is 18.8 Å². The molecule has 104 valence electrons. The Kier molecular flexibility index (Phi) is 6.11. The van der Waals surface area contributed by atoms with Gasteiger partial charge in [0.25, 0.3) is 0 Å². The van der Waals surface area contributed by atoms with Gasteiger partial charge in [0, 0.05) is 12.3 Å². The molecule has 0 N–H and O–H groups in total. The van der Waals surface area contributed by atoms with Crippen LogP contribution in [0.4, 0.5) is 0 Å². The van der Waals surface area contributed by atoms with Crippen LogP contribution in [0, 0.1) is 17.8 Å². The minimum absolute atomic E-state index is 0.210. The molecule has 1 aromatic carbocycles. The maximum absolute atomic E-state index is 12.0. The topological polar surface area (TPSA) is 34.1 Å². The largest absolute Gasteiger partial charge is 0.224 e. The molecule has 0 heterocycles. The van der Waals surface area contributed by atoms with Gasteiger partial charge in [0.1, 0.15) is 0 Å². The predicted octanol–water partition coefficient (Wildman–Crippen LogP) is 3.46. The van der Waals surface area contributed by atoms with Crippen LogP contribution in [0.2, 0.25) is 0 Å². The van der Waals surface area contributed by atoms with Gasteiger partial charge >= 0.3 is 0 Å². The summed E-state index contributed by atoms with van der Waals surface area (Å²) in [4.78, 5) is 0.433. The molecule has 1 aromatic rings. The normalized spacial score (nSPS) is 12.6. The molecule has 0 bridgehead atoms. The minimum Gasteiger partial charge on any atom is -0.224 e. The summed E-state index contributed by atoms with van der Waals surface area (Å²) < 4.78 is 24.0. The van der Waals surface area contributed by atoms with Gasteiger partial charge in [0.05, 0.1) is 10.6 Å². The van der Waals surface area contributed by atoms with Gasteiger partial charge < -0.3 is 0 Å². The van der Waals surface area contributed by atoms with Gasteiger partial charge in [-0.25, -0.2) is 8.42 Å². The molecule has 3 heteroatoms. The Morgan fingerprint density at radius 1 is 1.26 bits per heavy atom. The van der Waals surface area contributed by atoms with Crippen LogP contribution in [-0.4, -0.2) is 14.2 Å². The summed E-state index contributed by atoms with van der Waals surface area (Å²) in [6, 6.07) is 7.25. The van der Waals surface area contributed by atoms with Crippen LogP contribution in [0.25, 0.3) is 0 Å². The highest BCUT2D eigenvalue weighted by Crippen LogP contribution is 2.16. The van der Waals surface area contributed by atoms with Gasteiger partial charge in [-0.1, -0.05) is 38.8 Å². The van der Waals surface area contributed by atoms with E-state index in [1.807, 2.05) is 26.0 Å². The maximum Gasteiger partial charge on any atom is 0.178 e. The van der Waals surface area contributed by atoms with Crippen molar-refractivity contribution in [2.75, 3.05) is 5.75 Å². The number of benzene rings is 1. The van der Waals surface area contributed by atoms with Gasteiger partial charge in [0.15, 0.2) is 9.84 Å². The minimum atomic E-state index is -3.12. The fourth-order valence-corrected chi connectivity index (χ4v) is 3.32. The van der Waals surface area contributed by atoms with E-state index < -0.39 is 9.84 Å². The molecule has 0 aliphatic heterocycles. The van der Waals surface area contributed by atoms with Crippen LogP contribution in [0.3, 0.4) is 0 Å². The first-order valence-corrected chi connectivity index (χ1v) is 8.45. The second-order valence-corrected chi connectivity index (χ2v) is 6.86. The summed E-state index contributed by atoms with van der Waals surface area (Å²) >= 11 is 0. The van der Waals surface area contributed by atoms with Crippen LogP contribution in [0.5, 0.6) is 0 Å². The zero-order valence-corrected chi connectivity index (χ0v) is 12.8. The lowest BCUT2D eigenvalue weighted by atomic mass is 10.0. The highest BCUT2D eigenvalue weighted by atomic mass is 32.2. The summed E-state index contributed by atoms with van der Waals surface area (Å²) in [5.41, 5.74) is 1.04. The van der Waals surface area contributed by atoms with E-state index in [9.17, 15) is 8.42 Å². The van der Waals surface area contributed by atoms with Gasteiger partial charge in [-0.05, 0) is 30.5 Å². The molecule has 0 saturated heterocycles. The Labute approximate surface area is 117 Å². The summed E-state index contributed by atoms with van der Waals surface area (Å²) in [5.74, 6) is 6.69. The quantitative estimate of drug-likeness (QED) is 0.773. The van der Waals surface area contributed by atoms with Gasteiger partial charge in [-0.2, -0.15) is 0 Å². The fourth-order valence-electron chi connectivity index (χ4n) is 1.93. The zero-order valence-electron chi connectivity index (χ0n) is 11.9. The molecule has 0 aromatic heterocycles. The third-order valence-corrected chi connectivity index (χ3v) is 4.72. The zero-order chi connectivity index (χ0) is 14.3. The van der Waals surface area contributed by atoms with E-state index >= 15 is 0 Å². The molecule has 0 saturated carbocycles. The van der Waals surface area contributed by atoms with Crippen molar-refractivity contribution >= 4 is 9.84 Å². The highest BCUT2D eigenvalue weighted by Gasteiger charge is 2.13. The van der Waals surface area contributed by atoms with Crippen molar-refractivity contribution in [1.82, 2.24) is 0 Å². The second kappa shape index (κ2) is 7.35. The SMILES string of the molecule is CCC#CC(C)Cc1cccc(S(=O)(=O)CCC)c1. The van der Waals surface area contributed by atoms with Gasteiger partial charge in [-0.15, -0.1) is 5.92 Å². The molecule has 1 unspecified atom stereocenters. The third kappa shape index (κ3) is 5.08. The van der Waals surface area contributed by atoms with Gasteiger partial charge in [0.2, 0.25) is 0 Å². The van der Waals surface area contributed by atoms with E-state index in [1.165, 1.54) is 0 Å². The van der Waals surface area contributed by atoms with Crippen molar-refractivity contribution < 1.29 is 8.42 Å². The Morgan fingerprint density at radius 3 is 2.63 bits per heavy atom. The Hall–Kier alpha value is -1.27. The molecule has 1 rings (SSSR count). The summed E-state index contributed by atoms with van der Waals surface area (Å²) in [5, 5.41) is 0. The first kappa shape index (κ1) is 15.8. The second-order valence-electron chi connectivity index (χ2n) is 4.75. The van der Waals surface area contributed by atoms with Crippen molar-refractivity contribution in [1.29, 1.82) is 0 Å². The highest BCUT2D eigenvalue weighted by molar-refractivity contribution is 7.91. The lowest BCUT2D eigenvalue weighted by Crippen LogP contribution is -2.07. The van der Waals surface area contributed by atoms with Crippen molar-refractivity contribution in [2.45, 2.75) is 44.9 Å². The number of sulfone groups is 1. The Morgan fingerprint density at radius 2 is 2.00 bits per heavy atom. The van der Waals surface area contributed by atoms with E-state index in [0.717, 1.165) is 18.4 Å². The van der Waals surface area contributed by atoms with Crippen molar-refractivity contribution in [3.05, 3.63) is 29.8 Å². The molecule has 0 aliphatic rings. The van der Waals surface area contributed by atoms with Crippen LogP contribution in [0.1, 0.15) is 39.2 Å². The Balaban J connectivity index is 2.89. The smallest absolute Gasteiger partial charge is 0.178 e. The third-order valence-electron chi connectivity index (χ3n) is 2.80. The van der Waals surface area contributed by atoms with Crippen molar-refractivity contribution in [3.8, 4) is 11.8 Å². The number of hydrogen-bond donors (Lipinski definition) is 0. The number of hydrogen-bond acceptors (Lipinski definition) is 2. The molecular weight excluding hydrogens is 256 g/mol. The molecule has 0 aliphatic carbocycles. The average Bonchev–Trinajstić information content (AvgIpc) is 2.36. The van der Waals surface area contributed by atoms with E-state index in [1.54, 1.807) is 12.1 Å². The molecule has 0 radical (unpaired) electrons. The Bertz CT molecular complexity index is 562. The molecule has 0 fully saturated rings. The molecule has 1 atom stereocenters. The summed E-state index contributed by atoms with van der Waals surface area (Å²) in [6.07, 6.45) is 2.29. The molecule has 0 spiro atoms. The average molecular weight is 278 g/mol. The van der Waals surface area contributed by atoms with Crippen LogP contribution in [0.15, 0.2) is 29.2 Å². The summed E-state index contributed by atoms with van der Waals surface area (Å²) in [7, 11) is -3.12. The number of rotatable bonds is 5. The van der Waals surface area contributed by atoms with Crippen molar-refractivity contribution in [3.63, 3.8) is 0 Å². The lowest BCUT2D eigenvalue weighted by Gasteiger charge is -2.07. The standard InChI is InChI=1S/C16H22O2S/c1-4-6-8-14(3)12-15-9-7-10-16(13-15)19(17,18)11-5-2/h7,9-10,13-14H,4-5,11-12H2,1-3H3. The van der Waals surface area contributed by atoms with Crippen molar-refractivity contribution in [2.24, 2.45) is 5.92 Å². The van der Waals surface area contributed by atoms with Crippen LogP contribution < -0.4 is 0 Å². The molecule has 0 amide bonds.